The fourth-order valence-corrected chi connectivity index (χ4v) is 1.63. The lowest BCUT2D eigenvalue weighted by Gasteiger charge is -1.98. The predicted molar refractivity (Wildman–Crippen MR) is 61.3 cm³/mol. The highest BCUT2D eigenvalue weighted by molar-refractivity contribution is 5.64. The second-order valence-corrected chi connectivity index (χ2v) is 3.56. The Kier molecular flexibility index (Phi) is 2.01. The number of benzene rings is 1. The molecule has 0 amide bonds. The van der Waals surface area contributed by atoms with Crippen molar-refractivity contribution in [2.75, 3.05) is 0 Å². The van der Waals surface area contributed by atoms with E-state index in [-0.39, 0.29) is 0 Å². The Labute approximate surface area is 83.4 Å². The zero-order chi connectivity index (χ0) is 10.1. The summed E-state index contributed by atoms with van der Waals surface area (Å²) < 4.78 is 0. The number of rotatable bonds is 1. The number of aryl methyl sites for hydroxylation is 1. The molecular formula is C13H13N. The van der Waals surface area contributed by atoms with Gasteiger partial charge in [0.25, 0.3) is 0 Å². The molecule has 2 aromatic rings. The Balaban J connectivity index is 2.66. The van der Waals surface area contributed by atoms with Gasteiger partial charge in [-0.15, -0.1) is 0 Å². The van der Waals surface area contributed by atoms with Crippen LogP contribution in [-0.2, 0) is 0 Å². The summed E-state index contributed by atoms with van der Waals surface area (Å²) in [5.74, 6) is 0. The molecule has 1 heterocycles. The molecule has 2 rings (SSSR count). The lowest BCUT2D eigenvalue weighted by molar-refractivity contribution is 1.28. The Morgan fingerprint density at radius 3 is 2.50 bits per heavy atom. The van der Waals surface area contributed by atoms with E-state index in [9.17, 15) is 0 Å². The van der Waals surface area contributed by atoms with Gasteiger partial charge in [-0.2, -0.15) is 0 Å². The minimum Gasteiger partial charge on any atom is -0.356 e. The van der Waals surface area contributed by atoms with Crippen LogP contribution in [0.5, 0.6) is 0 Å². The second-order valence-electron chi connectivity index (χ2n) is 3.56. The zero-order valence-corrected chi connectivity index (χ0v) is 8.30. The van der Waals surface area contributed by atoms with Gasteiger partial charge in [0.1, 0.15) is 0 Å². The first-order chi connectivity index (χ1) is 6.66. The molecular weight excluding hydrogens is 170 g/mol. The van der Waals surface area contributed by atoms with Gasteiger partial charge in [0.05, 0.1) is 0 Å². The van der Waals surface area contributed by atoms with Crippen LogP contribution in [0, 0.1) is 6.92 Å². The molecule has 0 saturated heterocycles. The first-order valence-electron chi connectivity index (χ1n) is 4.61. The Hall–Kier alpha value is -1.76. The first kappa shape index (κ1) is 8.82. The lowest BCUT2D eigenvalue weighted by Crippen LogP contribution is -2.06. The number of H-pyrrole nitrogens is 1. The van der Waals surface area contributed by atoms with Gasteiger partial charge >= 0.3 is 0 Å². The number of hydrogen-bond donors (Lipinski definition) is 1. The lowest BCUT2D eigenvalue weighted by atomic mass is 10.1. The van der Waals surface area contributed by atoms with Crippen LogP contribution < -0.4 is 10.7 Å². The van der Waals surface area contributed by atoms with E-state index in [0.29, 0.717) is 0 Å². The van der Waals surface area contributed by atoms with E-state index in [4.69, 9.17) is 0 Å². The van der Waals surface area contributed by atoms with Gasteiger partial charge in [0.15, 0.2) is 0 Å². The summed E-state index contributed by atoms with van der Waals surface area (Å²) in [6, 6.07) is 10.4. The summed E-state index contributed by atoms with van der Waals surface area (Å²) in [5.41, 5.74) is 3.59. The fraction of sp³-hybridized carbons (Fsp3) is 0.0769. The summed E-state index contributed by atoms with van der Waals surface area (Å²) in [5, 5.41) is 1.84. The van der Waals surface area contributed by atoms with Crippen LogP contribution in [0.25, 0.3) is 24.3 Å². The highest BCUT2D eigenvalue weighted by atomic mass is 14.7. The fourth-order valence-electron chi connectivity index (χ4n) is 1.63. The van der Waals surface area contributed by atoms with E-state index >= 15 is 0 Å². The van der Waals surface area contributed by atoms with Crippen molar-refractivity contribution < 1.29 is 0 Å². The van der Waals surface area contributed by atoms with E-state index in [0.717, 1.165) is 16.3 Å². The van der Waals surface area contributed by atoms with Crippen molar-refractivity contribution in [2.45, 2.75) is 6.92 Å². The van der Waals surface area contributed by atoms with Crippen LogP contribution >= 0.6 is 0 Å². The quantitative estimate of drug-likeness (QED) is 0.694. The van der Waals surface area contributed by atoms with Gasteiger partial charge in [0, 0.05) is 16.3 Å². The van der Waals surface area contributed by atoms with Gasteiger partial charge in [0.2, 0.25) is 0 Å². The van der Waals surface area contributed by atoms with Crippen molar-refractivity contribution in [3.63, 3.8) is 0 Å². The number of hydrogen-bond acceptors (Lipinski definition) is 0. The van der Waals surface area contributed by atoms with E-state index in [1.54, 1.807) is 0 Å². The molecule has 70 valence electrons. The molecule has 0 aliphatic rings. The zero-order valence-electron chi connectivity index (χ0n) is 8.30. The molecule has 1 N–H and O–H groups in total. The molecule has 1 aromatic carbocycles. The molecule has 1 heteroatoms. The second kappa shape index (κ2) is 3.18. The molecule has 14 heavy (non-hydrogen) atoms. The van der Waals surface area contributed by atoms with Crippen LogP contribution in [-0.4, -0.2) is 4.98 Å². The summed E-state index contributed by atoms with van der Waals surface area (Å²) in [6.45, 7) is 9.89. The average molecular weight is 183 g/mol. The van der Waals surface area contributed by atoms with E-state index < -0.39 is 0 Å². The predicted octanol–water partition coefficient (Wildman–Crippen LogP) is 1.81. The first-order valence-corrected chi connectivity index (χ1v) is 4.61. The largest absolute Gasteiger partial charge is 0.356 e. The van der Waals surface area contributed by atoms with Gasteiger partial charge in [-0.1, -0.05) is 43.0 Å². The monoisotopic (exact) mass is 183 g/mol. The molecule has 0 aliphatic heterocycles. The molecule has 0 spiro atoms. The third-order valence-corrected chi connectivity index (χ3v) is 2.28. The molecule has 1 nitrogen and oxygen atoms in total. The van der Waals surface area contributed by atoms with Crippen molar-refractivity contribution in [3.8, 4) is 11.1 Å². The van der Waals surface area contributed by atoms with Crippen LogP contribution in [0.2, 0.25) is 0 Å². The van der Waals surface area contributed by atoms with Crippen molar-refractivity contribution in [1.82, 2.24) is 4.98 Å². The third-order valence-electron chi connectivity index (χ3n) is 2.28. The molecule has 0 saturated carbocycles. The Bertz CT molecular complexity index is 549. The molecule has 0 atom stereocenters. The van der Waals surface area contributed by atoms with E-state index in [2.05, 4.69) is 49.3 Å². The van der Waals surface area contributed by atoms with Gasteiger partial charge in [-0.05, 0) is 18.6 Å². The van der Waals surface area contributed by atoms with Crippen molar-refractivity contribution in [3.05, 3.63) is 46.6 Å². The van der Waals surface area contributed by atoms with Gasteiger partial charge in [-0.3, -0.25) is 0 Å². The molecule has 0 bridgehead atoms. The summed E-state index contributed by atoms with van der Waals surface area (Å²) in [7, 11) is 0. The molecule has 0 radical (unpaired) electrons. The van der Waals surface area contributed by atoms with Crippen LogP contribution in [0.3, 0.4) is 0 Å². The molecule has 0 unspecified atom stereocenters. The van der Waals surface area contributed by atoms with Crippen molar-refractivity contribution in [2.24, 2.45) is 0 Å². The van der Waals surface area contributed by atoms with E-state index in [1.807, 2.05) is 6.07 Å². The highest BCUT2D eigenvalue weighted by Crippen LogP contribution is 2.14. The van der Waals surface area contributed by atoms with Crippen molar-refractivity contribution >= 4 is 13.2 Å². The molecule has 0 aliphatic carbocycles. The molecule has 1 aromatic heterocycles. The van der Waals surface area contributed by atoms with E-state index in [1.165, 1.54) is 11.1 Å². The van der Waals surface area contributed by atoms with Crippen LogP contribution in [0.4, 0.5) is 0 Å². The Morgan fingerprint density at radius 2 is 1.93 bits per heavy atom. The minimum atomic E-state index is 0.909. The van der Waals surface area contributed by atoms with Crippen molar-refractivity contribution in [1.29, 1.82) is 0 Å². The maximum absolute atomic E-state index is 3.95. The van der Waals surface area contributed by atoms with Crippen LogP contribution in [0.15, 0.2) is 30.3 Å². The topological polar surface area (TPSA) is 15.8 Å². The normalized spacial score (nSPS) is 10.4. The smallest absolute Gasteiger partial charge is 0.0391 e. The number of aromatic nitrogens is 1. The third kappa shape index (κ3) is 1.49. The van der Waals surface area contributed by atoms with Gasteiger partial charge < -0.3 is 4.98 Å². The summed E-state index contributed by atoms with van der Waals surface area (Å²) in [6.07, 6.45) is 0. The number of aromatic amines is 1. The Morgan fingerprint density at radius 1 is 1.14 bits per heavy atom. The SMILES string of the molecule is C=c1cc(-c2cccc(C)c2)c(=C)[nH]1. The maximum atomic E-state index is 3.95. The highest BCUT2D eigenvalue weighted by Gasteiger charge is 1.99. The average Bonchev–Trinajstić information content (AvgIpc) is 2.45. The number of nitrogens with one attached hydrogen (secondary N) is 1. The summed E-state index contributed by atoms with van der Waals surface area (Å²) in [4.78, 5) is 3.10. The maximum Gasteiger partial charge on any atom is 0.0391 e. The van der Waals surface area contributed by atoms with Crippen LogP contribution in [0.1, 0.15) is 5.56 Å². The standard InChI is InChI=1S/C13H13N/c1-9-5-4-6-12(7-9)13-8-10(2)14-11(13)3/h4-8,14H,2-3H2,1H3. The van der Waals surface area contributed by atoms with Gasteiger partial charge in [-0.25, -0.2) is 0 Å². The summed E-state index contributed by atoms with van der Waals surface area (Å²) >= 11 is 0. The minimum absolute atomic E-state index is 0.909. The molecule has 0 fully saturated rings.